The van der Waals surface area contributed by atoms with Crippen LogP contribution in [0.2, 0.25) is 0 Å². The monoisotopic (exact) mass is 368 g/mol. The van der Waals surface area contributed by atoms with Crippen LogP contribution in [0, 0.1) is 0 Å². The van der Waals surface area contributed by atoms with Crippen molar-refractivity contribution in [2.24, 2.45) is 0 Å². The molecule has 4 N–H and O–H groups in total. The lowest BCUT2D eigenvalue weighted by Gasteiger charge is -2.23. The third-order valence-corrected chi connectivity index (χ3v) is 4.36. The number of nitrogens with zero attached hydrogens (tertiary/aromatic N) is 2. The van der Waals surface area contributed by atoms with Crippen molar-refractivity contribution in [1.29, 1.82) is 0 Å². The molecule has 0 bridgehead atoms. The number of carbonyl (C=O) groups is 1. The van der Waals surface area contributed by atoms with Crippen molar-refractivity contribution < 1.29 is 15.0 Å². The number of imidazole rings is 1. The second kappa shape index (κ2) is 8.20. The lowest BCUT2D eigenvalue weighted by molar-refractivity contribution is 0.0464. The number of aliphatic hydroxyl groups excluding tert-OH is 1. The Bertz CT molecular complexity index is 903. The quantitative estimate of drug-likeness (QED) is 0.515. The summed E-state index contributed by atoms with van der Waals surface area (Å²) in [7, 11) is 0. The lowest BCUT2D eigenvalue weighted by Crippen LogP contribution is -2.42. The highest BCUT2D eigenvalue weighted by molar-refractivity contribution is 5.89. The van der Waals surface area contributed by atoms with Gasteiger partial charge in [0.2, 0.25) is 0 Å². The summed E-state index contributed by atoms with van der Waals surface area (Å²) < 4.78 is 1.98. The van der Waals surface area contributed by atoms with Gasteiger partial charge in [0.25, 0.3) is 0 Å². The van der Waals surface area contributed by atoms with Crippen LogP contribution in [-0.2, 0) is 0 Å². The summed E-state index contributed by atoms with van der Waals surface area (Å²) in [4.78, 5) is 16.4. The Labute approximate surface area is 157 Å². The molecule has 3 aromatic rings. The van der Waals surface area contributed by atoms with Crippen LogP contribution in [0.25, 0.3) is 16.7 Å². The fourth-order valence-corrected chi connectivity index (χ4v) is 2.86. The van der Waals surface area contributed by atoms with E-state index in [1.807, 2.05) is 53.1 Å². The van der Waals surface area contributed by atoms with Crippen molar-refractivity contribution in [3.63, 3.8) is 0 Å². The van der Waals surface area contributed by atoms with Crippen molar-refractivity contribution >= 4 is 22.8 Å². The molecule has 27 heavy (non-hydrogen) atoms. The van der Waals surface area contributed by atoms with Gasteiger partial charge in [-0.25, -0.2) is 9.78 Å². The van der Waals surface area contributed by atoms with Gasteiger partial charge in [-0.2, -0.15) is 0 Å². The molecule has 2 amide bonds. The Morgan fingerprint density at radius 3 is 2.67 bits per heavy atom. The highest BCUT2D eigenvalue weighted by Crippen LogP contribution is 2.19. The van der Waals surface area contributed by atoms with E-state index in [1.165, 1.54) is 0 Å². The van der Waals surface area contributed by atoms with Crippen LogP contribution < -0.4 is 10.6 Å². The average Bonchev–Trinajstić information content (AvgIpc) is 3.10. The fraction of sp³-hybridized carbons (Fsp3) is 0.300. The summed E-state index contributed by atoms with van der Waals surface area (Å²) in [5.41, 5.74) is 2.48. The average molecular weight is 368 g/mol. The van der Waals surface area contributed by atoms with Crippen LogP contribution in [0.3, 0.4) is 0 Å². The molecule has 1 atom stereocenters. The Morgan fingerprint density at radius 1 is 1.19 bits per heavy atom. The summed E-state index contributed by atoms with van der Waals surface area (Å²) in [5.74, 6) is 0. The SMILES string of the molecule is C[C@](O)(CCCO)CNC(=O)Nc1ccc(-n2cnc3ccccc32)cc1. The molecule has 2 aromatic carbocycles. The van der Waals surface area contributed by atoms with Crippen LogP contribution in [0.4, 0.5) is 10.5 Å². The van der Waals surface area contributed by atoms with E-state index in [4.69, 9.17) is 5.11 Å². The molecule has 1 aromatic heterocycles. The molecule has 3 rings (SSSR count). The second-order valence-electron chi connectivity index (χ2n) is 6.78. The third-order valence-electron chi connectivity index (χ3n) is 4.36. The zero-order chi connectivity index (χ0) is 19.3. The molecule has 0 saturated carbocycles. The molecular formula is C20H24N4O3. The number of para-hydroxylation sites is 2. The molecule has 7 nitrogen and oxygen atoms in total. The molecule has 0 aliphatic rings. The summed E-state index contributed by atoms with van der Waals surface area (Å²) in [6.07, 6.45) is 2.67. The Kier molecular flexibility index (Phi) is 5.73. The van der Waals surface area contributed by atoms with Gasteiger partial charge in [0.15, 0.2) is 0 Å². The van der Waals surface area contributed by atoms with Gasteiger partial charge in [0, 0.05) is 24.5 Å². The van der Waals surface area contributed by atoms with E-state index in [9.17, 15) is 9.90 Å². The first-order valence-corrected chi connectivity index (χ1v) is 8.89. The minimum Gasteiger partial charge on any atom is -0.396 e. The number of amides is 2. The van der Waals surface area contributed by atoms with Crippen LogP contribution in [0.5, 0.6) is 0 Å². The zero-order valence-corrected chi connectivity index (χ0v) is 15.2. The summed E-state index contributed by atoms with van der Waals surface area (Å²) in [6, 6.07) is 14.9. The number of rotatable bonds is 7. The number of aliphatic hydroxyl groups is 2. The largest absolute Gasteiger partial charge is 0.396 e. The Morgan fingerprint density at radius 2 is 1.93 bits per heavy atom. The maximum atomic E-state index is 12.0. The summed E-state index contributed by atoms with van der Waals surface area (Å²) >= 11 is 0. The van der Waals surface area contributed by atoms with Crippen molar-refractivity contribution in [1.82, 2.24) is 14.9 Å². The van der Waals surface area contributed by atoms with E-state index in [-0.39, 0.29) is 19.2 Å². The van der Waals surface area contributed by atoms with Crippen molar-refractivity contribution in [2.75, 3.05) is 18.5 Å². The van der Waals surface area contributed by atoms with E-state index in [0.717, 1.165) is 16.7 Å². The summed E-state index contributed by atoms with van der Waals surface area (Å²) in [6.45, 7) is 1.76. The second-order valence-corrected chi connectivity index (χ2v) is 6.78. The molecule has 0 aliphatic carbocycles. The Hall–Kier alpha value is -2.90. The highest BCUT2D eigenvalue weighted by atomic mass is 16.3. The maximum Gasteiger partial charge on any atom is 0.319 e. The smallest absolute Gasteiger partial charge is 0.319 e. The minimum absolute atomic E-state index is 0.0148. The predicted octanol–water partition coefficient (Wildman–Crippen LogP) is 2.67. The topological polar surface area (TPSA) is 99.4 Å². The summed E-state index contributed by atoms with van der Waals surface area (Å²) in [5, 5.41) is 24.4. The van der Waals surface area contributed by atoms with Gasteiger partial charge in [0.1, 0.15) is 6.33 Å². The Balaban J connectivity index is 1.60. The van der Waals surface area contributed by atoms with Gasteiger partial charge >= 0.3 is 6.03 Å². The number of aromatic nitrogens is 2. The van der Waals surface area contributed by atoms with Crippen molar-refractivity contribution in [3.8, 4) is 5.69 Å². The molecule has 0 fully saturated rings. The third kappa shape index (κ3) is 4.84. The number of carbonyl (C=O) groups excluding carboxylic acids is 1. The molecule has 1 heterocycles. The van der Waals surface area contributed by atoms with Gasteiger partial charge in [0.05, 0.1) is 16.6 Å². The van der Waals surface area contributed by atoms with Crippen molar-refractivity contribution in [3.05, 3.63) is 54.9 Å². The molecule has 0 aliphatic heterocycles. The van der Waals surface area contributed by atoms with Gasteiger partial charge in [-0.3, -0.25) is 4.57 Å². The molecule has 0 saturated heterocycles. The van der Waals surface area contributed by atoms with E-state index >= 15 is 0 Å². The number of urea groups is 1. The van der Waals surface area contributed by atoms with Crippen molar-refractivity contribution in [2.45, 2.75) is 25.4 Å². The van der Waals surface area contributed by atoms with E-state index < -0.39 is 5.60 Å². The standard InChI is InChI=1S/C20H24N4O3/c1-20(27,11-4-12-25)13-21-19(26)23-15-7-9-16(10-8-15)24-14-22-17-5-2-3-6-18(17)24/h2-3,5-10,14,25,27H,4,11-13H2,1H3,(H2,21,23,26)/t20-/m0/s1. The van der Waals surface area contributed by atoms with Gasteiger partial charge in [-0.15, -0.1) is 0 Å². The number of nitrogens with one attached hydrogen (secondary N) is 2. The van der Waals surface area contributed by atoms with Crippen LogP contribution >= 0.6 is 0 Å². The van der Waals surface area contributed by atoms with Gasteiger partial charge in [-0.1, -0.05) is 12.1 Å². The number of hydrogen-bond donors (Lipinski definition) is 4. The highest BCUT2D eigenvalue weighted by Gasteiger charge is 2.20. The van der Waals surface area contributed by atoms with Crippen LogP contribution in [0.15, 0.2) is 54.9 Å². The predicted molar refractivity (Wildman–Crippen MR) is 105 cm³/mol. The zero-order valence-electron chi connectivity index (χ0n) is 15.2. The van der Waals surface area contributed by atoms with Crippen LogP contribution in [0.1, 0.15) is 19.8 Å². The normalized spacial score (nSPS) is 13.3. The lowest BCUT2D eigenvalue weighted by atomic mass is 10.0. The molecule has 0 spiro atoms. The first kappa shape index (κ1) is 18.9. The molecule has 142 valence electrons. The number of hydrogen-bond acceptors (Lipinski definition) is 4. The molecular weight excluding hydrogens is 344 g/mol. The molecule has 7 heteroatoms. The van der Waals surface area contributed by atoms with Gasteiger partial charge in [-0.05, 0) is 56.2 Å². The maximum absolute atomic E-state index is 12.0. The fourth-order valence-electron chi connectivity index (χ4n) is 2.86. The first-order valence-electron chi connectivity index (χ1n) is 8.89. The van der Waals surface area contributed by atoms with E-state index in [0.29, 0.717) is 18.5 Å². The number of fused-ring (bicyclic) bond motifs is 1. The number of anilines is 1. The van der Waals surface area contributed by atoms with E-state index in [1.54, 1.807) is 13.3 Å². The minimum atomic E-state index is -1.05. The van der Waals surface area contributed by atoms with Gasteiger partial charge < -0.3 is 20.8 Å². The van der Waals surface area contributed by atoms with Crippen LogP contribution in [-0.4, -0.2) is 44.5 Å². The first-order chi connectivity index (χ1) is 13.0. The molecule has 0 radical (unpaired) electrons. The molecule has 0 unspecified atom stereocenters. The van der Waals surface area contributed by atoms with E-state index in [2.05, 4.69) is 15.6 Å². The number of benzene rings is 2.